The summed E-state index contributed by atoms with van der Waals surface area (Å²) in [4.78, 5) is 4.44. The van der Waals surface area contributed by atoms with E-state index in [1.807, 2.05) is 38.1 Å². The first kappa shape index (κ1) is 24.1. The number of ether oxygens (including phenoxy) is 2. The predicted octanol–water partition coefficient (Wildman–Crippen LogP) is 2.25. The molecule has 25 heavy (non-hydrogen) atoms. The molecule has 0 heterocycles. The molecule has 0 radical (unpaired) electrons. The summed E-state index contributed by atoms with van der Waals surface area (Å²) in [5, 5.41) is 16.6. The first-order chi connectivity index (χ1) is 11.7. The van der Waals surface area contributed by atoms with E-state index in [1.165, 1.54) is 5.56 Å². The third-order valence-corrected chi connectivity index (χ3v) is 3.42. The Morgan fingerprint density at radius 2 is 1.88 bits per heavy atom. The lowest BCUT2D eigenvalue weighted by Crippen LogP contribution is -2.38. The van der Waals surface area contributed by atoms with E-state index in [0.717, 1.165) is 25.1 Å². The molecule has 0 aliphatic carbocycles. The van der Waals surface area contributed by atoms with Crippen molar-refractivity contribution in [3.8, 4) is 0 Å². The summed E-state index contributed by atoms with van der Waals surface area (Å²) in [6.07, 6.45) is 0.285. The number of guanidine groups is 1. The Bertz CT molecular complexity index is 469. The molecule has 1 unspecified atom stereocenters. The number of benzene rings is 1. The summed E-state index contributed by atoms with van der Waals surface area (Å²) in [5.41, 5.74) is 2.06. The van der Waals surface area contributed by atoms with Gasteiger partial charge in [0.2, 0.25) is 0 Å². The van der Waals surface area contributed by atoms with E-state index in [2.05, 4.69) is 15.6 Å². The van der Waals surface area contributed by atoms with Gasteiger partial charge >= 0.3 is 0 Å². The summed E-state index contributed by atoms with van der Waals surface area (Å²) >= 11 is 0. The summed E-state index contributed by atoms with van der Waals surface area (Å²) < 4.78 is 10.3. The smallest absolute Gasteiger partial charge is 0.191 e. The zero-order chi connectivity index (χ0) is 17.6. The molecule has 1 rings (SSSR count). The van der Waals surface area contributed by atoms with Crippen molar-refractivity contribution in [1.29, 1.82) is 0 Å². The Labute approximate surface area is 168 Å². The minimum absolute atomic E-state index is 0. The van der Waals surface area contributed by atoms with Crippen LogP contribution < -0.4 is 10.6 Å². The number of methoxy groups -OCH3 is 1. The van der Waals surface area contributed by atoms with E-state index < -0.39 is 6.10 Å². The minimum atomic E-state index is -0.599. The average molecular weight is 465 g/mol. The van der Waals surface area contributed by atoms with Crippen molar-refractivity contribution in [3.63, 3.8) is 0 Å². The van der Waals surface area contributed by atoms with Crippen LogP contribution >= 0.6 is 24.0 Å². The van der Waals surface area contributed by atoms with Gasteiger partial charge in [-0.25, -0.2) is 0 Å². The topological polar surface area (TPSA) is 75.1 Å². The number of hydrogen-bond donors (Lipinski definition) is 3. The molecule has 1 aromatic carbocycles. The van der Waals surface area contributed by atoms with Gasteiger partial charge in [0.15, 0.2) is 5.96 Å². The van der Waals surface area contributed by atoms with Crippen molar-refractivity contribution in [2.75, 3.05) is 46.6 Å². The number of rotatable bonds is 11. The fourth-order valence-electron chi connectivity index (χ4n) is 2.04. The fourth-order valence-corrected chi connectivity index (χ4v) is 2.04. The molecule has 1 aromatic rings. The molecule has 0 aliphatic heterocycles. The lowest BCUT2D eigenvalue weighted by atomic mass is 10.1. The number of nitrogens with one attached hydrogen (secondary N) is 2. The van der Waals surface area contributed by atoms with Crippen LogP contribution in [0.1, 0.15) is 30.6 Å². The second-order valence-corrected chi connectivity index (χ2v) is 5.53. The van der Waals surface area contributed by atoms with Gasteiger partial charge in [0.25, 0.3) is 0 Å². The number of nitrogens with zero attached hydrogens (tertiary/aromatic N) is 1. The lowest BCUT2D eigenvalue weighted by molar-refractivity contribution is 0.0698. The fraction of sp³-hybridized carbons (Fsp3) is 0.611. The molecule has 6 nitrogen and oxygen atoms in total. The number of halogens is 1. The van der Waals surface area contributed by atoms with E-state index in [4.69, 9.17) is 9.47 Å². The van der Waals surface area contributed by atoms with E-state index >= 15 is 0 Å². The van der Waals surface area contributed by atoms with E-state index in [0.29, 0.717) is 32.3 Å². The summed E-state index contributed by atoms with van der Waals surface area (Å²) in [6.45, 7) is 7.82. The second kappa shape index (κ2) is 15.4. The predicted molar refractivity (Wildman–Crippen MR) is 113 cm³/mol. The summed E-state index contributed by atoms with van der Waals surface area (Å²) in [7, 11) is 1.66. The van der Waals surface area contributed by atoms with Crippen LogP contribution in [-0.2, 0) is 9.47 Å². The highest BCUT2D eigenvalue weighted by Gasteiger charge is 2.07. The van der Waals surface area contributed by atoms with Gasteiger partial charge in [-0.3, -0.25) is 4.99 Å². The van der Waals surface area contributed by atoms with Crippen molar-refractivity contribution < 1.29 is 14.6 Å². The summed E-state index contributed by atoms with van der Waals surface area (Å²) in [5.74, 6) is 0.709. The molecule has 0 saturated carbocycles. The van der Waals surface area contributed by atoms with Crippen molar-refractivity contribution in [3.05, 3.63) is 35.4 Å². The first-order valence-electron chi connectivity index (χ1n) is 8.50. The zero-order valence-electron chi connectivity index (χ0n) is 15.5. The average Bonchev–Trinajstić information content (AvgIpc) is 2.59. The molecule has 0 bridgehead atoms. The van der Waals surface area contributed by atoms with Crippen molar-refractivity contribution >= 4 is 29.9 Å². The third kappa shape index (κ3) is 11.4. The van der Waals surface area contributed by atoms with Gasteiger partial charge in [0, 0.05) is 26.8 Å². The van der Waals surface area contributed by atoms with Crippen LogP contribution in [0.4, 0.5) is 0 Å². The largest absolute Gasteiger partial charge is 0.386 e. The van der Waals surface area contributed by atoms with Crippen LogP contribution in [0, 0.1) is 6.92 Å². The van der Waals surface area contributed by atoms with E-state index in [1.54, 1.807) is 7.11 Å². The third-order valence-electron chi connectivity index (χ3n) is 3.42. The monoisotopic (exact) mass is 465 g/mol. The molecule has 0 aliphatic rings. The van der Waals surface area contributed by atoms with Gasteiger partial charge in [-0.05, 0) is 25.8 Å². The normalized spacial score (nSPS) is 12.4. The van der Waals surface area contributed by atoms with Crippen LogP contribution in [-0.4, -0.2) is 57.6 Å². The molecule has 0 saturated heterocycles. The quantitative estimate of drug-likeness (QED) is 0.202. The molecule has 0 spiro atoms. The van der Waals surface area contributed by atoms with Gasteiger partial charge in [-0.1, -0.05) is 29.8 Å². The van der Waals surface area contributed by atoms with Gasteiger partial charge in [0.1, 0.15) is 0 Å². The van der Waals surface area contributed by atoms with Gasteiger partial charge in [0.05, 0.1) is 25.9 Å². The zero-order valence-corrected chi connectivity index (χ0v) is 17.8. The van der Waals surface area contributed by atoms with Crippen molar-refractivity contribution in [1.82, 2.24) is 10.6 Å². The molecule has 144 valence electrons. The number of aliphatic hydroxyl groups excluding tert-OH is 1. The van der Waals surface area contributed by atoms with Gasteiger partial charge in [-0.2, -0.15) is 0 Å². The molecular formula is C18H32IN3O3. The standard InChI is InChI=1S/C18H31N3O3.HI/c1-4-19-18(20-10-5-11-24-13-12-23-3)21-14-17(22)16-8-6-15(2)7-9-16;/h6-9,17,22H,4-5,10-14H2,1-3H3,(H2,19,20,21);1H. The molecule has 3 N–H and O–H groups in total. The maximum Gasteiger partial charge on any atom is 0.191 e. The Hall–Kier alpha value is -0.900. The minimum Gasteiger partial charge on any atom is -0.386 e. The SMILES string of the molecule is CCNC(=NCC(O)c1ccc(C)cc1)NCCCOCCOC.I. The Morgan fingerprint density at radius 3 is 2.52 bits per heavy atom. The number of aliphatic imine (C=N–C) groups is 1. The molecular weight excluding hydrogens is 433 g/mol. The van der Waals surface area contributed by atoms with Crippen molar-refractivity contribution in [2.45, 2.75) is 26.4 Å². The van der Waals surface area contributed by atoms with Gasteiger partial charge in [-0.15, -0.1) is 24.0 Å². The maximum atomic E-state index is 10.2. The van der Waals surface area contributed by atoms with E-state index in [-0.39, 0.29) is 24.0 Å². The molecule has 7 heteroatoms. The van der Waals surface area contributed by atoms with Crippen LogP contribution in [0.25, 0.3) is 0 Å². The Morgan fingerprint density at radius 1 is 1.16 bits per heavy atom. The highest BCUT2D eigenvalue weighted by atomic mass is 127. The summed E-state index contributed by atoms with van der Waals surface area (Å²) in [6, 6.07) is 7.87. The Balaban J connectivity index is 0.00000576. The number of aliphatic hydroxyl groups is 1. The maximum absolute atomic E-state index is 10.2. The number of aryl methyl sites for hydroxylation is 1. The van der Waals surface area contributed by atoms with Crippen LogP contribution in [0.2, 0.25) is 0 Å². The highest BCUT2D eigenvalue weighted by molar-refractivity contribution is 14.0. The van der Waals surface area contributed by atoms with Crippen LogP contribution in [0.15, 0.2) is 29.3 Å². The highest BCUT2D eigenvalue weighted by Crippen LogP contribution is 2.13. The van der Waals surface area contributed by atoms with Crippen molar-refractivity contribution in [2.24, 2.45) is 4.99 Å². The molecule has 0 aromatic heterocycles. The van der Waals surface area contributed by atoms with E-state index in [9.17, 15) is 5.11 Å². The van der Waals surface area contributed by atoms with Crippen LogP contribution in [0.3, 0.4) is 0 Å². The molecule has 1 atom stereocenters. The first-order valence-corrected chi connectivity index (χ1v) is 8.50. The lowest BCUT2D eigenvalue weighted by Gasteiger charge is -2.13. The van der Waals surface area contributed by atoms with Crippen LogP contribution in [0.5, 0.6) is 0 Å². The Kier molecular flexibility index (Phi) is 14.8. The second-order valence-electron chi connectivity index (χ2n) is 5.53. The van der Waals surface area contributed by atoms with Gasteiger partial charge < -0.3 is 25.2 Å². The number of hydrogen-bond acceptors (Lipinski definition) is 4. The molecule has 0 fully saturated rings. The molecule has 0 amide bonds.